The second kappa shape index (κ2) is 8.76. The van der Waals surface area contributed by atoms with E-state index < -0.39 is 0 Å². The quantitative estimate of drug-likeness (QED) is 0.634. The smallest absolute Gasteiger partial charge is 0.0205 e. The fourth-order valence-corrected chi connectivity index (χ4v) is 2.35. The largest absolute Gasteiger partial charge is 0.308 e. The van der Waals surface area contributed by atoms with Crippen molar-refractivity contribution in [3.05, 3.63) is 12.2 Å². The van der Waals surface area contributed by atoms with Gasteiger partial charge in [-0.1, -0.05) is 34.3 Å². The van der Waals surface area contributed by atoms with Crippen molar-refractivity contribution < 1.29 is 0 Å². The van der Waals surface area contributed by atoms with Gasteiger partial charge < -0.3 is 5.32 Å². The van der Waals surface area contributed by atoms with Crippen molar-refractivity contribution >= 4 is 0 Å². The molecule has 2 nitrogen and oxygen atoms in total. The van der Waals surface area contributed by atoms with Crippen molar-refractivity contribution in [2.24, 2.45) is 5.92 Å². The number of nitrogens with zero attached hydrogens (tertiary/aromatic N) is 1. The molecule has 19 heavy (non-hydrogen) atoms. The summed E-state index contributed by atoms with van der Waals surface area (Å²) in [6, 6.07) is 0.689. The van der Waals surface area contributed by atoms with Crippen LogP contribution < -0.4 is 5.32 Å². The monoisotopic (exact) mass is 268 g/mol. The number of nitrogens with one attached hydrogen (secondary N) is 1. The molecule has 0 aromatic carbocycles. The van der Waals surface area contributed by atoms with Crippen LogP contribution in [0.4, 0.5) is 0 Å². The van der Waals surface area contributed by atoms with E-state index in [9.17, 15) is 0 Å². The third-order valence-corrected chi connectivity index (χ3v) is 3.35. The Morgan fingerprint density at radius 1 is 1.16 bits per heavy atom. The maximum Gasteiger partial charge on any atom is 0.0205 e. The van der Waals surface area contributed by atoms with E-state index in [1.807, 2.05) is 0 Å². The van der Waals surface area contributed by atoms with E-state index in [1.54, 1.807) is 0 Å². The summed E-state index contributed by atoms with van der Waals surface area (Å²) < 4.78 is 0. The SMILES string of the molecule is C=C(CNC(C)(C)C)CN(CC(C)C)C(CC)CC. The Kier molecular flexibility index (Phi) is 8.60. The third-order valence-electron chi connectivity index (χ3n) is 3.35. The summed E-state index contributed by atoms with van der Waals surface area (Å²) in [5.74, 6) is 0.712. The predicted octanol–water partition coefficient (Wildman–Crippen LogP) is 4.08. The molecule has 114 valence electrons. The summed E-state index contributed by atoms with van der Waals surface area (Å²) in [5, 5.41) is 3.53. The lowest BCUT2D eigenvalue weighted by atomic mass is 10.1. The lowest BCUT2D eigenvalue weighted by Crippen LogP contribution is -2.42. The van der Waals surface area contributed by atoms with Crippen molar-refractivity contribution in [1.82, 2.24) is 10.2 Å². The summed E-state index contributed by atoms with van der Waals surface area (Å²) in [7, 11) is 0. The summed E-state index contributed by atoms with van der Waals surface area (Å²) in [6.45, 7) is 23.1. The number of rotatable bonds is 9. The topological polar surface area (TPSA) is 15.3 Å². The lowest BCUT2D eigenvalue weighted by Gasteiger charge is -2.33. The highest BCUT2D eigenvalue weighted by Gasteiger charge is 2.17. The Morgan fingerprint density at radius 2 is 1.68 bits per heavy atom. The average Bonchev–Trinajstić information content (AvgIpc) is 2.26. The fraction of sp³-hybridized carbons (Fsp3) is 0.882. The number of hydrogen-bond donors (Lipinski definition) is 1. The van der Waals surface area contributed by atoms with Gasteiger partial charge in [-0.2, -0.15) is 0 Å². The van der Waals surface area contributed by atoms with Crippen molar-refractivity contribution in [3.8, 4) is 0 Å². The second-order valence-corrected chi connectivity index (χ2v) is 7.15. The molecule has 0 radical (unpaired) electrons. The summed E-state index contributed by atoms with van der Waals surface area (Å²) >= 11 is 0. The molecule has 0 amide bonds. The van der Waals surface area contributed by atoms with Crippen LogP contribution in [-0.2, 0) is 0 Å². The molecule has 0 atom stereocenters. The second-order valence-electron chi connectivity index (χ2n) is 7.15. The van der Waals surface area contributed by atoms with Gasteiger partial charge in [0.25, 0.3) is 0 Å². The molecule has 0 saturated heterocycles. The summed E-state index contributed by atoms with van der Waals surface area (Å²) in [6.07, 6.45) is 2.45. The summed E-state index contributed by atoms with van der Waals surface area (Å²) in [5.41, 5.74) is 1.46. The minimum Gasteiger partial charge on any atom is -0.308 e. The molecule has 0 fully saturated rings. The molecule has 0 aromatic rings. The first-order valence-corrected chi connectivity index (χ1v) is 7.85. The highest BCUT2D eigenvalue weighted by molar-refractivity contribution is 5.02. The predicted molar refractivity (Wildman–Crippen MR) is 87.7 cm³/mol. The molecule has 0 aromatic heterocycles. The Bertz CT molecular complexity index is 246. The fourth-order valence-electron chi connectivity index (χ4n) is 2.35. The highest BCUT2D eigenvalue weighted by atomic mass is 15.2. The van der Waals surface area contributed by atoms with E-state index in [2.05, 4.69) is 65.3 Å². The van der Waals surface area contributed by atoms with Crippen LogP contribution in [0.5, 0.6) is 0 Å². The van der Waals surface area contributed by atoms with Crippen LogP contribution in [0, 0.1) is 5.92 Å². The van der Waals surface area contributed by atoms with Crippen LogP contribution in [0.3, 0.4) is 0 Å². The number of hydrogen-bond acceptors (Lipinski definition) is 2. The van der Waals surface area contributed by atoms with E-state index >= 15 is 0 Å². The zero-order valence-corrected chi connectivity index (χ0v) is 14.3. The van der Waals surface area contributed by atoms with Crippen LogP contribution in [0.2, 0.25) is 0 Å². The van der Waals surface area contributed by atoms with Gasteiger partial charge in [-0.3, -0.25) is 4.90 Å². The van der Waals surface area contributed by atoms with Crippen molar-refractivity contribution in [2.75, 3.05) is 19.6 Å². The Morgan fingerprint density at radius 3 is 2.05 bits per heavy atom. The van der Waals surface area contributed by atoms with Gasteiger partial charge in [0.2, 0.25) is 0 Å². The minimum atomic E-state index is 0.167. The van der Waals surface area contributed by atoms with Crippen molar-refractivity contribution in [1.29, 1.82) is 0 Å². The van der Waals surface area contributed by atoms with Crippen molar-refractivity contribution in [3.63, 3.8) is 0 Å². The molecule has 0 aliphatic carbocycles. The normalized spacial score (nSPS) is 12.7. The van der Waals surface area contributed by atoms with E-state index in [0.717, 1.165) is 13.1 Å². The third kappa shape index (κ3) is 9.23. The molecule has 0 aliphatic rings. The first-order chi connectivity index (χ1) is 8.69. The first kappa shape index (κ1) is 18.7. The molecular weight excluding hydrogens is 232 g/mol. The van der Waals surface area contributed by atoms with Gasteiger partial charge in [0.15, 0.2) is 0 Å². The molecule has 0 rings (SSSR count). The van der Waals surface area contributed by atoms with Crippen LogP contribution in [0.15, 0.2) is 12.2 Å². The Balaban J connectivity index is 4.42. The minimum absolute atomic E-state index is 0.167. The van der Waals surface area contributed by atoms with Crippen LogP contribution >= 0.6 is 0 Å². The maximum absolute atomic E-state index is 4.25. The summed E-state index contributed by atoms with van der Waals surface area (Å²) in [4.78, 5) is 2.61. The van der Waals surface area contributed by atoms with Gasteiger partial charge >= 0.3 is 0 Å². The van der Waals surface area contributed by atoms with Crippen LogP contribution in [-0.4, -0.2) is 36.1 Å². The highest BCUT2D eigenvalue weighted by Crippen LogP contribution is 2.13. The van der Waals surface area contributed by atoms with Gasteiger partial charge in [0.05, 0.1) is 0 Å². The van der Waals surface area contributed by atoms with Crippen LogP contribution in [0.1, 0.15) is 61.3 Å². The molecular formula is C17H36N2. The first-order valence-electron chi connectivity index (χ1n) is 7.85. The van der Waals surface area contributed by atoms with Crippen LogP contribution in [0.25, 0.3) is 0 Å². The van der Waals surface area contributed by atoms with E-state index in [0.29, 0.717) is 12.0 Å². The molecule has 0 heterocycles. The lowest BCUT2D eigenvalue weighted by molar-refractivity contribution is 0.179. The van der Waals surface area contributed by atoms with Gasteiger partial charge in [0.1, 0.15) is 0 Å². The van der Waals surface area contributed by atoms with Gasteiger partial charge in [-0.15, -0.1) is 0 Å². The molecule has 0 aliphatic heterocycles. The molecule has 0 bridgehead atoms. The van der Waals surface area contributed by atoms with Gasteiger partial charge in [0, 0.05) is 31.2 Å². The maximum atomic E-state index is 4.25. The van der Waals surface area contributed by atoms with Gasteiger partial charge in [-0.05, 0) is 45.1 Å². The van der Waals surface area contributed by atoms with Gasteiger partial charge in [-0.25, -0.2) is 0 Å². The molecule has 0 unspecified atom stereocenters. The van der Waals surface area contributed by atoms with Crippen molar-refractivity contribution in [2.45, 2.75) is 72.9 Å². The zero-order valence-electron chi connectivity index (χ0n) is 14.3. The molecule has 0 spiro atoms. The zero-order chi connectivity index (χ0) is 15.1. The average molecular weight is 268 g/mol. The van der Waals surface area contributed by atoms with E-state index in [4.69, 9.17) is 0 Å². The Labute approximate surface area is 121 Å². The standard InChI is InChI=1S/C17H36N2/c1-9-16(10-2)19(12-14(3)4)13-15(5)11-18-17(6,7)8/h14,16,18H,5,9-13H2,1-4,6-8H3. The molecule has 0 saturated carbocycles. The van der Waals surface area contributed by atoms with E-state index in [-0.39, 0.29) is 5.54 Å². The van der Waals surface area contributed by atoms with E-state index in [1.165, 1.54) is 25.0 Å². The molecule has 1 N–H and O–H groups in total. The Hall–Kier alpha value is -0.340. The molecule has 2 heteroatoms.